The zero-order valence-corrected chi connectivity index (χ0v) is 18.6. The van der Waals surface area contributed by atoms with Gasteiger partial charge in [0.05, 0.1) is 4.91 Å². The Balaban J connectivity index is 1.43. The van der Waals surface area contributed by atoms with Gasteiger partial charge in [-0.15, -0.1) is 0 Å². The highest BCUT2D eigenvalue weighted by molar-refractivity contribution is 8.26. The van der Waals surface area contributed by atoms with E-state index in [4.69, 9.17) is 23.8 Å². The minimum absolute atomic E-state index is 0.141. The molecule has 1 saturated heterocycles. The van der Waals surface area contributed by atoms with E-state index in [1.54, 1.807) is 30.3 Å². The van der Waals surface area contributed by atoms with Gasteiger partial charge in [-0.3, -0.25) is 14.5 Å². The molecule has 0 aromatic heterocycles. The van der Waals surface area contributed by atoms with Gasteiger partial charge < -0.3 is 5.32 Å². The Morgan fingerprint density at radius 2 is 1.61 bits per heavy atom. The van der Waals surface area contributed by atoms with Crippen molar-refractivity contribution in [2.45, 2.75) is 0 Å². The number of hydrogen-bond donors (Lipinski definition) is 1. The second-order valence-corrected chi connectivity index (χ2v) is 8.92. The Hall–Kier alpha value is -2.93. The molecule has 154 valence electrons. The molecule has 1 aliphatic rings. The van der Waals surface area contributed by atoms with Crippen LogP contribution in [-0.2, 0) is 9.59 Å². The fourth-order valence-electron chi connectivity index (χ4n) is 3.07. The molecule has 0 bridgehead atoms. The molecule has 7 heteroatoms. The lowest BCUT2D eigenvalue weighted by Crippen LogP contribution is -2.36. The molecule has 3 aromatic rings. The van der Waals surface area contributed by atoms with Crippen molar-refractivity contribution in [2.24, 2.45) is 0 Å². The summed E-state index contributed by atoms with van der Waals surface area (Å²) in [6.07, 6.45) is 1.80. The van der Waals surface area contributed by atoms with Gasteiger partial charge in [-0.05, 0) is 47.0 Å². The molecule has 1 fully saturated rings. The highest BCUT2D eigenvalue weighted by Gasteiger charge is 2.33. The maximum absolute atomic E-state index is 12.8. The maximum Gasteiger partial charge on any atom is 0.266 e. The van der Waals surface area contributed by atoms with Gasteiger partial charge in [-0.1, -0.05) is 90.2 Å². The van der Waals surface area contributed by atoms with Crippen molar-refractivity contribution in [1.29, 1.82) is 0 Å². The average Bonchev–Trinajstić information content (AvgIpc) is 3.04. The quantitative estimate of drug-likeness (QED) is 0.380. The lowest BCUT2D eigenvalue weighted by molar-refractivity contribution is -0.126. The van der Waals surface area contributed by atoms with Gasteiger partial charge >= 0.3 is 0 Å². The summed E-state index contributed by atoms with van der Waals surface area (Å²) in [4.78, 5) is 27.0. The number of rotatable bonds is 5. The van der Waals surface area contributed by atoms with Crippen molar-refractivity contribution >= 4 is 63.5 Å². The molecule has 2 amide bonds. The van der Waals surface area contributed by atoms with Crippen molar-refractivity contribution in [3.63, 3.8) is 0 Å². The number of nitrogens with zero attached hydrogens (tertiary/aromatic N) is 1. The van der Waals surface area contributed by atoms with E-state index < -0.39 is 0 Å². The smallest absolute Gasteiger partial charge is 0.266 e. The third-order valence-corrected chi connectivity index (χ3v) is 6.25. The standard InChI is InChI=1S/C24H17ClN2O2S2/c25-19-10-12-20(13-11-19)26-22(28)15-27-23(29)21(31-24(27)30)14-16-6-8-18(9-7-16)17-4-2-1-3-5-17/h1-14H,15H2,(H,26,28)/b21-14-. The summed E-state index contributed by atoms with van der Waals surface area (Å²) in [5.74, 6) is -0.597. The van der Waals surface area contributed by atoms with Crippen LogP contribution in [0.4, 0.5) is 5.69 Å². The van der Waals surface area contributed by atoms with Crippen molar-refractivity contribution in [3.8, 4) is 11.1 Å². The Bertz CT molecular complexity index is 1160. The molecular formula is C24H17ClN2O2S2. The van der Waals surface area contributed by atoms with Gasteiger partial charge in [-0.25, -0.2) is 0 Å². The van der Waals surface area contributed by atoms with Crippen LogP contribution in [0, 0.1) is 0 Å². The van der Waals surface area contributed by atoms with Crippen LogP contribution in [-0.4, -0.2) is 27.6 Å². The first-order chi connectivity index (χ1) is 15.0. The molecule has 0 atom stereocenters. The Kier molecular flexibility index (Phi) is 6.51. The molecule has 0 radical (unpaired) electrons. The first-order valence-corrected chi connectivity index (χ1v) is 11.1. The van der Waals surface area contributed by atoms with Crippen molar-refractivity contribution < 1.29 is 9.59 Å². The van der Waals surface area contributed by atoms with Crippen LogP contribution in [0.15, 0.2) is 83.8 Å². The zero-order valence-electron chi connectivity index (χ0n) is 16.2. The number of thioether (sulfide) groups is 1. The van der Waals surface area contributed by atoms with Crippen molar-refractivity contribution in [3.05, 3.63) is 94.4 Å². The Labute approximate surface area is 194 Å². The number of carbonyl (C=O) groups excluding carboxylic acids is 2. The predicted molar refractivity (Wildman–Crippen MR) is 132 cm³/mol. The van der Waals surface area contributed by atoms with Crippen LogP contribution in [0.25, 0.3) is 17.2 Å². The Morgan fingerprint density at radius 1 is 0.968 bits per heavy atom. The van der Waals surface area contributed by atoms with E-state index >= 15 is 0 Å². The maximum atomic E-state index is 12.8. The minimum atomic E-state index is -0.327. The summed E-state index contributed by atoms with van der Waals surface area (Å²) < 4.78 is 0.364. The largest absolute Gasteiger partial charge is 0.325 e. The molecule has 4 nitrogen and oxygen atoms in total. The van der Waals surface area contributed by atoms with Crippen molar-refractivity contribution in [2.75, 3.05) is 11.9 Å². The van der Waals surface area contributed by atoms with Crippen LogP contribution >= 0.6 is 35.6 Å². The zero-order chi connectivity index (χ0) is 21.8. The van der Waals surface area contributed by atoms with Gasteiger partial charge in [0.25, 0.3) is 5.91 Å². The molecule has 1 heterocycles. The topological polar surface area (TPSA) is 49.4 Å². The number of anilines is 1. The second-order valence-electron chi connectivity index (χ2n) is 6.81. The fourth-order valence-corrected chi connectivity index (χ4v) is 4.45. The SMILES string of the molecule is O=C(CN1C(=O)/C(=C/c2ccc(-c3ccccc3)cc2)SC1=S)Nc1ccc(Cl)cc1. The van der Waals surface area contributed by atoms with Gasteiger partial charge in [0.15, 0.2) is 0 Å². The number of amides is 2. The van der Waals surface area contributed by atoms with Crippen LogP contribution in [0.3, 0.4) is 0 Å². The molecule has 3 aromatic carbocycles. The fraction of sp³-hybridized carbons (Fsp3) is 0.0417. The molecule has 1 aliphatic heterocycles. The molecular weight excluding hydrogens is 448 g/mol. The number of hydrogen-bond acceptors (Lipinski definition) is 4. The third-order valence-electron chi connectivity index (χ3n) is 4.62. The molecule has 1 N–H and O–H groups in total. The first kappa shape index (κ1) is 21.3. The van der Waals surface area contributed by atoms with Gasteiger partial charge in [0.1, 0.15) is 10.9 Å². The third kappa shape index (κ3) is 5.22. The van der Waals surface area contributed by atoms with E-state index in [2.05, 4.69) is 17.4 Å². The van der Waals surface area contributed by atoms with E-state index in [1.807, 2.05) is 42.5 Å². The number of thiocarbonyl (C=S) groups is 1. The van der Waals surface area contributed by atoms with E-state index in [0.29, 0.717) is 19.9 Å². The highest BCUT2D eigenvalue weighted by atomic mass is 35.5. The summed E-state index contributed by atoms with van der Waals surface area (Å²) >= 11 is 12.4. The van der Waals surface area contributed by atoms with Gasteiger partial charge in [0, 0.05) is 10.7 Å². The predicted octanol–water partition coefficient (Wildman–Crippen LogP) is 5.85. The Morgan fingerprint density at radius 3 is 2.29 bits per heavy atom. The highest BCUT2D eigenvalue weighted by Crippen LogP contribution is 2.32. The van der Waals surface area contributed by atoms with Crippen LogP contribution < -0.4 is 5.32 Å². The summed E-state index contributed by atoms with van der Waals surface area (Å²) in [5, 5.41) is 3.32. The molecule has 0 saturated carbocycles. The molecule has 0 aliphatic carbocycles. The van der Waals surface area contributed by atoms with Crippen LogP contribution in [0.5, 0.6) is 0 Å². The molecule has 31 heavy (non-hydrogen) atoms. The number of nitrogens with one attached hydrogen (secondary N) is 1. The summed E-state index contributed by atoms with van der Waals surface area (Å²) in [6, 6.07) is 24.8. The van der Waals surface area contributed by atoms with E-state index in [9.17, 15) is 9.59 Å². The first-order valence-electron chi connectivity index (χ1n) is 9.46. The van der Waals surface area contributed by atoms with E-state index in [0.717, 1.165) is 16.7 Å². The van der Waals surface area contributed by atoms with Crippen molar-refractivity contribution in [1.82, 2.24) is 4.90 Å². The number of halogens is 1. The molecule has 4 rings (SSSR count). The monoisotopic (exact) mass is 464 g/mol. The summed E-state index contributed by atoms with van der Waals surface area (Å²) in [5.41, 5.74) is 3.73. The lowest BCUT2D eigenvalue weighted by Gasteiger charge is -2.14. The average molecular weight is 465 g/mol. The summed E-state index contributed by atoms with van der Waals surface area (Å²) in [6.45, 7) is -0.141. The number of benzene rings is 3. The van der Waals surface area contributed by atoms with E-state index in [-0.39, 0.29) is 18.4 Å². The molecule has 0 unspecified atom stereocenters. The second kappa shape index (κ2) is 9.47. The van der Waals surface area contributed by atoms with Gasteiger partial charge in [0.2, 0.25) is 5.91 Å². The normalized spacial score (nSPS) is 14.9. The van der Waals surface area contributed by atoms with Gasteiger partial charge in [-0.2, -0.15) is 0 Å². The van der Waals surface area contributed by atoms with E-state index in [1.165, 1.54) is 16.7 Å². The lowest BCUT2D eigenvalue weighted by atomic mass is 10.0. The number of carbonyl (C=O) groups is 2. The van der Waals surface area contributed by atoms with Crippen LogP contribution in [0.2, 0.25) is 5.02 Å². The van der Waals surface area contributed by atoms with Crippen LogP contribution in [0.1, 0.15) is 5.56 Å². The minimum Gasteiger partial charge on any atom is -0.325 e. The molecule has 0 spiro atoms. The summed E-state index contributed by atoms with van der Waals surface area (Å²) in [7, 11) is 0.